The molecule has 1 N–H and O–H groups in total. The van der Waals surface area contributed by atoms with Gasteiger partial charge in [-0.2, -0.15) is 0 Å². The summed E-state index contributed by atoms with van der Waals surface area (Å²) in [5.74, 6) is 1.05. The van der Waals surface area contributed by atoms with Gasteiger partial charge in [-0.1, -0.05) is 55.5 Å². The molecule has 4 rings (SSSR count). The SMILES string of the molecule is CCCN(C(=N)c1nccn1-c1ccccc1C)c1ccc(-c2c(C)cccc2C)cc1. The van der Waals surface area contributed by atoms with E-state index in [1.54, 1.807) is 6.20 Å². The maximum absolute atomic E-state index is 9.03. The Morgan fingerprint density at radius 2 is 1.53 bits per heavy atom. The molecule has 4 nitrogen and oxygen atoms in total. The van der Waals surface area contributed by atoms with Gasteiger partial charge in [0, 0.05) is 24.6 Å². The largest absolute Gasteiger partial charge is 0.324 e. The standard InChI is InChI=1S/C28H30N4/c1-5-18-31(24-15-13-23(14-16-24)26-21(3)10-8-11-22(26)4)27(29)28-30-17-19-32(28)25-12-7-6-9-20(25)2/h6-17,19,29H,5,18H2,1-4H3. The van der Waals surface area contributed by atoms with Crippen molar-refractivity contribution in [2.24, 2.45) is 0 Å². The van der Waals surface area contributed by atoms with Gasteiger partial charge in [-0.25, -0.2) is 4.98 Å². The highest BCUT2D eigenvalue weighted by Gasteiger charge is 2.19. The van der Waals surface area contributed by atoms with Crippen LogP contribution >= 0.6 is 0 Å². The molecule has 0 spiro atoms. The zero-order chi connectivity index (χ0) is 22.7. The number of benzene rings is 3. The van der Waals surface area contributed by atoms with Gasteiger partial charge in [0.1, 0.15) is 0 Å². The van der Waals surface area contributed by atoms with Gasteiger partial charge in [0.05, 0.1) is 5.69 Å². The number of nitrogens with one attached hydrogen (secondary N) is 1. The van der Waals surface area contributed by atoms with Crippen LogP contribution in [-0.4, -0.2) is 21.9 Å². The van der Waals surface area contributed by atoms with E-state index in [0.717, 1.165) is 29.9 Å². The Kier molecular flexibility index (Phi) is 6.22. The predicted molar refractivity (Wildman–Crippen MR) is 134 cm³/mol. The molecular formula is C28H30N4. The number of nitrogens with zero attached hydrogens (tertiary/aromatic N) is 3. The van der Waals surface area contributed by atoms with Gasteiger partial charge in [0.15, 0.2) is 11.7 Å². The number of para-hydroxylation sites is 1. The van der Waals surface area contributed by atoms with E-state index in [0.29, 0.717) is 11.7 Å². The van der Waals surface area contributed by atoms with Crippen molar-refractivity contribution in [3.05, 3.63) is 102 Å². The monoisotopic (exact) mass is 422 g/mol. The minimum absolute atomic E-state index is 0.403. The molecule has 0 radical (unpaired) electrons. The Balaban J connectivity index is 1.69. The van der Waals surface area contributed by atoms with Gasteiger partial charge >= 0.3 is 0 Å². The van der Waals surface area contributed by atoms with E-state index in [-0.39, 0.29) is 0 Å². The summed E-state index contributed by atoms with van der Waals surface area (Å²) in [6.45, 7) is 9.28. The highest BCUT2D eigenvalue weighted by atomic mass is 15.2. The van der Waals surface area contributed by atoms with Crippen LogP contribution in [0.15, 0.2) is 79.1 Å². The molecule has 1 aromatic heterocycles. The molecule has 0 amide bonds. The third kappa shape index (κ3) is 4.09. The molecule has 0 aliphatic carbocycles. The number of rotatable bonds is 6. The van der Waals surface area contributed by atoms with E-state index in [1.807, 2.05) is 27.8 Å². The van der Waals surface area contributed by atoms with Crippen LogP contribution in [-0.2, 0) is 0 Å². The van der Waals surface area contributed by atoms with Crippen LogP contribution in [0.1, 0.15) is 35.9 Å². The Labute approximate surface area is 190 Å². The van der Waals surface area contributed by atoms with Crippen LogP contribution < -0.4 is 4.90 Å². The third-order valence-electron chi connectivity index (χ3n) is 5.89. The lowest BCUT2D eigenvalue weighted by molar-refractivity contribution is 0.886. The van der Waals surface area contributed by atoms with E-state index in [1.165, 1.54) is 22.3 Å². The van der Waals surface area contributed by atoms with Crippen LogP contribution in [0, 0.1) is 26.2 Å². The molecule has 0 atom stereocenters. The lowest BCUT2D eigenvalue weighted by Gasteiger charge is -2.25. The summed E-state index contributed by atoms with van der Waals surface area (Å²) in [5, 5.41) is 9.03. The summed E-state index contributed by atoms with van der Waals surface area (Å²) >= 11 is 0. The van der Waals surface area contributed by atoms with E-state index in [4.69, 9.17) is 5.41 Å². The molecular weight excluding hydrogens is 392 g/mol. The maximum Gasteiger partial charge on any atom is 0.180 e. The molecule has 32 heavy (non-hydrogen) atoms. The molecule has 4 heteroatoms. The first kappa shape index (κ1) is 21.6. The summed E-state index contributed by atoms with van der Waals surface area (Å²) < 4.78 is 2.01. The van der Waals surface area contributed by atoms with E-state index in [2.05, 4.69) is 87.3 Å². The van der Waals surface area contributed by atoms with Crippen molar-refractivity contribution in [3.63, 3.8) is 0 Å². The minimum atomic E-state index is 0.403. The van der Waals surface area contributed by atoms with E-state index >= 15 is 0 Å². The lowest BCUT2D eigenvalue weighted by atomic mass is 9.95. The molecule has 3 aromatic carbocycles. The van der Waals surface area contributed by atoms with Gasteiger partial charge in [0.25, 0.3) is 0 Å². The average molecular weight is 423 g/mol. The van der Waals surface area contributed by atoms with Crippen molar-refractivity contribution in [3.8, 4) is 16.8 Å². The van der Waals surface area contributed by atoms with Crippen LogP contribution in [0.5, 0.6) is 0 Å². The number of aryl methyl sites for hydroxylation is 3. The quantitative estimate of drug-likeness (QED) is 0.277. The summed E-state index contributed by atoms with van der Waals surface area (Å²) in [4.78, 5) is 6.59. The molecule has 0 fully saturated rings. The van der Waals surface area contributed by atoms with Gasteiger partial charge in [0.2, 0.25) is 0 Å². The number of hydrogen-bond acceptors (Lipinski definition) is 2. The molecule has 0 aliphatic heterocycles. The van der Waals surface area contributed by atoms with Crippen molar-refractivity contribution < 1.29 is 0 Å². The van der Waals surface area contributed by atoms with Crippen LogP contribution in [0.3, 0.4) is 0 Å². The second kappa shape index (κ2) is 9.23. The Bertz CT molecular complexity index is 1210. The van der Waals surface area contributed by atoms with Crippen molar-refractivity contribution in [2.75, 3.05) is 11.4 Å². The summed E-state index contributed by atoms with van der Waals surface area (Å²) in [7, 11) is 0. The third-order valence-corrected chi connectivity index (χ3v) is 5.89. The van der Waals surface area contributed by atoms with Gasteiger partial charge < -0.3 is 4.90 Å². The maximum atomic E-state index is 9.03. The van der Waals surface area contributed by atoms with E-state index < -0.39 is 0 Å². The van der Waals surface area contributed by atoms with Crippen molar-refractivity contribution >= 4 is 11.5 Å². The number of anilines is 1. The summed E-state index contributed by atoms with van der Waals surface area (Å²) in [6, 6.07) is 23.2. The average Bonchev–Trinajstić information content (AvgIpc) is 3.27. The zero-order valence-electron chi connectivity index (χ0n) is 19.3. The van der Waals surface area contributed by atoms with Crippen LogP contribution in [0.2, 0.25) is 0 Å². The molecule has 0 bridgehead atoms. The molecule has 0 unspecified atom stereocenters. The number of aromatic nitrogens is 2. The van der Waals surface area contributed by atoms with E-state index in [9.17, 15) is 0 Å². The summed E-state index contributed by atoms with van der Waals surface area (Å²) in [6.07, 6.45) is 4.64. The first-order valence-electron chi connectivity index (χ1n) is 11.1. The second-order valence-electron chi connectivity index (χ2n) is 8.22. The second-order valence-corrected chi connectivity index (χ2v) is 8.22. The first-order chi connectivity index (χ1) is 15.5. The van der Waals surface area contributed by atoms with Crippen molar-refractivity contribution in [1.29, 1.82) is 5.41 Å². The number of hydrogen-bond donors (Lipinski definition) is 1. The fourth-order valence-corrected chi connectivity index (χ4v) is 4.30. The van der Waals surface area contributed by atoms with Gasteiger partial charge in [-0.15, -0.1) is 0 Å². The minimum Gasteiger partial charge on any atom is -0.324 e. The lowest BCUT2D eigenvalue weighted by Crippen LogP contribution is -2.33. The Hall–Kier alpha value is -3.66. The topological polar surface area (TPSA) is 44.9 Å². The smallest absolute Gasteiger partial charge is 0.180 e. The Morgan fingerprint density at radius 1 is 0.875 bits per heavy atom. The van der Waals surface area contributed by atoms with Crippen molar-refractivity contribution in [1.82, 2.24) is 9.55 Å². The molecule has 0 saturated carbocycles. The number of imidazole rings is 1. The fourth-order valence-electron chi connectivity index (χ4n) is 4.30. The highest BCUT2D eigenvalue weighted by Crippen LogP contribution is 2.29. The van der Waals surface area contributed by atoms with Crippen molar-refractivity contribution in [2.45, 2.75) is 34.1 Å². The summed E-state index contributed by atoms with van der Waals surface area (Å²) in [5.41, 5.74) is 8.24. The molecule has 162 valence electrons. The molecule has 0 aliphatic rings. The Morgan fingerprint density at radius 3 is 2.19 bits per heavy atom. The van der Waals surface area contributed by atoms with Gasteiger partial charge in [-0.05, 0) is 73.2 Å². The van der Waals surface area contributed by atoms with Crippen LogP contribution in [0.25, 0.3) is 16.8 Å². The molecule has 0 saturated heterocycles. The van der Waals surface area contributed by atoms with Gasteiger partial charge in [-0.3, -0.25) is 9.98 Å². The van der Waals surface area contributed by atoms with Crippen LogP contribution in [0.4, 0.5) is 5.69 Å². The predicted octanol–water partition coefficient (Wildman–Crippen LogP) is 6.71. The zero-order valence-corrected chi connectivity index (χ0v) is 19.3. The molecule has 4 aromatic rings. The fraction of sp³-hybridized carbons (Fsp3) is 0.214. The molecule has 1 heterocycles. The highest BCUT2D eigenvalue weighted by molar-refractivity contribution is 6.06. The normalized spacial score (nSPS) is 10.9. The first-order valence-corrected chi connectivity index (χ1v) is 11.1. The number of amidine groups is 1.